The van der Waals surface area contributed by atoms with Crippen molar-refractivity contribution in [2.75, 3.05) is 26.7 Å². The fourth-order valence-electron chi connectivity index (χ4n) is 3.34. The molecule has 0 saturated carbocycles. The van der Waals surface area contributed by atoms with E-state index in [1.165, 1.54) is 29.5 Å². The zero-order valence-electron chi connectivity index (χ0n) is 15.9. The van der Waals surface area contributed by atoms with Gasteiger partial charge in [-0.2, -0.15) is 11.3 Å². The molecule has 3 rings (SSSR count). The van der Waals surface area contributed by atoms with Gasteiger partial charge in [-0.05, 0) is 54.1 Å². The number of hydrogen-bond donors (Lipinski definition) is 2. The second-order valence-corrected chi connectivity index (χ2v) is 7.84. The van der Waals surface area contributed by atoms with Gasteiger partial charge in [-0.25, -0.2) is 0 Å². The Hall–Kier alpha value is -1.85. The monoisotopic (exact) mass is 370 g/mol. The van der Waals surface area contributed by atoms with Crippen LogP contribution in [0.4, 0.5) is 0 Å². The molecule has 1 aliphatic rings. The first-order chi connectivity index (χ1) is 12.7. The number of aliphatic imine (C=N–C) groups is 1. The summed E-state index contributed by atoms with van der Waals surface area (Å²) in [5.74, 6) is 0.924. The molecule has 0 amide bonds. The summed E-state index contributed by atoms with van der Waals surface area (Å²) in [6.45, 7) is 6.40. The second-order valence-electron chi connectivity index (χ2n) is 7.06. The fourth-order valence-corrected chi connectivity index (χ4v) is 4.00. The van der Waals surface area contributed by atoms with Crippen LogP contribution in [0.3, 0.4) is 0 Å². The molecule has 4 nitrogen and oxygen atoms in total. The minimum Gasteiger partial charge on any atom is -0.356 e. The fraction of sp³-hybridized carbons (Fsp3) is 0.476. The molecule has 1 aromatic carbocycles. The molecule has 140 valence electrons. The molecule has 0 spiro atoms. The van der Waals surface area contributed by atoms with Gasteiger partial charge in [-0.1, -0.05) is 29.8 Å². The summed E-state index contributed by atoms with van der Waals surface area (Å²) in [5, 5.41) is 11.5. The first kappa shape index (κ1) is 18.9. The molecule has 2 heterocycles. The minimum absolute atomic E-state index is 0.513. The van der Waals surface area contributed by atoms with E-state index in [2.05, 4.69) is 68.5 Å². The van der Waals surface area contributed by atoms with Crippen LogP contribution in [0.15, 0.2) is 46.1 Å². The van der Waals surface area contributed by atoms with Gasteiger partial charge in [0.1, 0.15) is 0 Å². The average Bonchev–Trinajstić information content (AvgIpc) is 3.17. The molecule has 1 aliphatic heterocycles. The van der Waals surface area contributed by atoms with Gasteiger partial charge >= 0.3 is 0 Å². The summed E-state index contributed by atoms with van der Waals surface area (Å²) in [5.41, 5.74) is 4.11. The molecule has 0 atom stereocenters. The lowest BCUT2D eigenvalue weighted by Gasteiger charge is -2.32. The van der Waals surface area contributed by atoms with Crippen LogP contribution in [0, 0.1) is 6.92 Å². The lowest BCUT2D eigenvalue weighted by molar-refractivity contribution is 0.198. The van der Waals surface area contributed by atoms with Crippen LogP contribution in [-0.2, 0) is 13.0 Å². The Balaban J connectivity index is 1.36. The van der Waals surface area contributed by atoms with E-state index in [0.717, 1.165) is 38.6 Å². The molecule has 1 saturated heterocycles. The maximum absolute atomic E-state index is 4.39. The summed E-state index contributed by atoms with van der Waals surface area (Å²) in [7, 11) is 1.85. The number of likely N-dealkylation sites (tertiary alicyclic amines) is 1. The molecule has 1 aromatic heterocycles. The van der Waals surface area contributed by atoms with Gasteiger partial charge in [0.25, 0.3) is 0 Å². The van der Waals surface area contributed by atoms with Crippen molar-refractivity contribution in [2.24, 2.45) is 4.99 Å². The molecule has 0 bridgehead atoms. The SMILES string of the molecule is CN=C(NCCc1ccc(C)cc1)NC1CCN(Cc2ccsc2)CC1. The van der Waals surface area contributed by atoms with Gasteiger partial charge in [0.2, 0.25) is 0 Å². The standard InChI is InChI=1S/C21H30N4S/c1-17-3-5-18(6-4-17)7-11-23-21(22-2)24-20-8-12-25(13-9-20)15-19-10-14-26-16-19/h3-6,10,14,16,20H,7-9,11-13,15H2,1-2H3,(H2,22,23,24). The molecule has 0 aliphatic carbocycles. The molecule has 2 aromatic rings. The van der Waals surface area contributed by atoms with E-state index in [-0.39, 0.29) is 0 Å². The molecular formula is C21H30N4S. The molecule has 0 radical (unpaired) electrons. The molecular weight excluding hydrogens is 340 g/mol. The lowest BCUT2D eigenvalue weighted by Crippen LogP contribution is -2.48. The number of benzene rings is 1. The van der Waals surface area contributed by atoms with Gasteiger partial charge < -0.3 is 10.6 Å². The van der Waals surface area contributed by atoms with Crippen molar-refractivity contribution in [3.63, 3.8) is 0 Å². The molecule has 0 unspecified atom stereocenters. The van der Waals surface area contributed by atoms with E-state index in [4.69, 9.17) is 0 Å². The highest BCUT2D eigenvalue weighted by atomic mass is 32.1. The zero-order chi connectivity index (χ0) is 18.2. The van der Waals surface area contributed by atoms with Crippen LogP contribution in [0.5, 0.6) is 0 Å². The van der Waals surface area contributed by atoms with Crippen molar-refractivity contribution in [3.8, 4) is 0 Å². The number of hydrogen-bond acceptors (Lipinski definition) is 3. The number of thiophene rings is 1. The molecule has 2 N–H and O–H groups in total. The summed E-state index contributed by atoms with van der Waals surface area (Å²) >= 11 is 1.78. The Morgan fingerprint density at radius 1 is 1.15 bits per heavy atom. The van der Waals surface area contributed by atoms with E-state index < -0.39 is 0 Å². The highest BCUT2D eigenvalue weighted by molar-refractivity contribution is 7.07. The van der Waals surface area contributed by atoms with E-state index in [9.17, 15) is 0 Å². The minimum atomic E-state index is 0.513. The Kier molecular flexibility index (Phi) is 7.09. The zero-order valence-corrected chi connectivity index (χ0v) is 16.7. The normalized spacial score (nSPS) is 16.6. The van der Waals surface area contributed by atoms with Crippen molar-refractivity contribution >= 4 is 17.3 Å². The van der Waals surface area contributed by atoms with E-state index in [0.29, 0.717) is 6.04 Å². The topological polar surface area (TPSA) is 39.7 Å². The van der Waals surface area contributed by atoms with E-state index in [1.54, 1.807) is 11.3 Å². The van der Waals surface area contributed by atoms with Gasteiger partial charge in [0.05, 0.1) is 0 Å². The number of aryl methyl sites for hydroxylation is 1. The summed E-state index contributed by atoms with van der Waals surface area (Å²) in [4.78, 5) is 6.94. The first-order valence-corrected chi connectivity index (χ1v) is 10.4. The van der Waals surface area contributed by atoms with Crippen LogP contribution >= 0.6 is 11.3 Å². The van der Waals surface area contributed by atoms with Gasteiger partial charge in [-0.3, -0.25) is 9.89 Å². The quantitative estimate of drug-likeness (QED) is 0.604. The number of guanidine groups is 1. The maximum atomic E-state index is 4.39. The number of nitrogens with one attached hydrogen (secondary N) is 2. The molecule has 1 fully saturated rings. The third-order valence-electron chi connectivity index (χ3n) is 4.97. The number of rotatable bonds is 6. The maximum Gasteiger partial charge on any atom is 0.191 e. The molecule has 5 heteroatoms. The summed E-state index contributed by atoms with van der Waals surface area (Å²) < 4.78 is 0. The number of piperidine rings is 1. The third kappa shape index (κ3) is 5.85. The predicted molar refractivity (Wildman–Crippen MR) is 112 cm³/mol. The largest absolute Gasteiger partial charge is 0.356 e. The van der Waals surface area contributed by atoms with Gasteiger partial charge in [0.15, 0.2) is 5.96 Å². The van der Waals surface area contributed by atoms with Crippen molar-refractivity contribution in [2.45, 2.75) is 38.8 Å². The number of nitrogens with zero attached hydrogens (tertiary/aromatic N) is 2. The van der Waals surface area contributed by atoms with Crippen molar-refractivity contribution < 1.29 is 0 Å². The highest BCUT2D eigenvalue weighted by Gasteiger charge is 2.20. The summed E-state index contributed by atoms with van der Waals surface area (Å²) in [6, 6.07) is 11.5. The highest BCUT2D eigenvalue weighted by Crippen LogP contribution is 2.15. The van der Waals surface area contributed by atoms with Gasteiger partial charge in [-0.15, -0.1) is 0 Å². The third-order valence-corrected chi connectivity index (χ3v) is 5.70. The van der Waals surface area contributed by atoms with Crippen LogP contribution < -0.4 is 10.6 Å². The van der Waals surface area contributed by atoms with Crippen molar-refractivity contribution in [1.82, 2.24) is 15.5 Å². The van der Waals surface area contributed by atoms with Crippen molar-refractivity contribution in [1.29, 1.82) is 0 Å². The van der Waals surface area contributed by atoms with Crippen molar-refractivity contribution in [3.05, 3.63) is 57.8 Å². The van der Waals surface area contributed by atoms with E-state index >= 15 is 0 Å². The van der Waals surface area contributed by atoms with Crippen LogP contribution in [0.2, 0.25) is 0 Å². The Bertz CT molecular complexity index is 671. The molecule has 26 heavy (non-hydrogen) atoms. The Morgan fingerprint density at radius 2 is 1.92 bits per heavy atom. The smallest absolute Gasteiger partial charge is 0.191 e. The Labute approximate surface area is 161 Å². The van der Waals surface area contributed by atoms with Crippen LogP contribution in [0.1, 0.15) is 29.5 Å². The lowest BCUT2D eigenvalue weighted by atomic mass is 10.0. The second kappa shape index (κ2) is 9.74. The van der Waals surface area contributed by atoms with Gasteiger partial charge in [0, 0.05) is 39.3 Å². The van der Waals surface area contributed by atoms with E-state index in [1.807, 2.05) is 7.05 Å². The average molecular weight is 371 g/mol. The first-order valence-electron chi connectivity index (χ1n) is 9.49. The summed E-state index contributed by atoms with van der Waals surface area (Å²) in [6.07, 6.45) is 3.35. The predicted octanol–water partition coefficient (Wildman–Crippen LogP) is 3.43. The Morgan fingerprint density at radius 3 is 2.58 bits per heavy atom. The van der Waals surface area contributed by atoms with Crippen LogP contribution in [-0.4, -0.2) is 43.6 Å². The van der Waals surface area contributed by atoms with Crippen LogP contribution in [0.25, 0.3) is 0 Å².